The zero-order chi connectivity index (χ0) is 13.5. The minimum absolute atomic E-state index is 0.0395. The second kappa shape index (κ2) is 6.51. The molecule has 0 unspecified atom stereocenters. The van der Waals surface area contributed by atoms with Crippen LogP contribution in [0.4, 0.5) is 5.69 Å². The monoisotopic (exact) mass is 242 g/mol. The molecule has 3 nitrogen and oxygen atoms in total. The molecule has 0 aromatic heterocycles. The Morgan fingerprint density at radius 2 is 2.22 bits per heavy atom. The average Bonchev–Trinajstić information content (AvgIpc) is 2.37. The molecule has 3 heteroatoms. The van der Waals surface area contributed by atoms with E-state index in [0.717, 1.165) is 16.8 Å². The van der Waals surface area contributed by atoms with E-state index in [4.69, 9.17) is 6.42 Å². The molecule has 0 aliphatic heterocycles. The van der Waals surface area contributed by atoms with Crippen molar-refractivity contribution >= 4 is 11.6 Å². The molecule has 0 aliphatic rings. The molecule has 0 aliphatic carbocycles. The highest BCUT2D eigenvalue weighted by Gasteiger charge is 2.10. The van der Waals surface area contributed by atoms with Gasteiger partial charge in [0, 0.05) is 24.8 Å². The number of carbonyl (C=O) groups is 1. The van der Waals surface area contributed by atoms with Crippen LogP contribution in [0.3, 0.4) is 0 Å². The quantitative estimate of drug-likeness (QED) is 0.630. The van der Waals surface area contributed by atoms with E-state index in [2.05, 4.69) is 17.8 Å². The van der Waals surface area contributed by atoms with Gasteiger partial charge in [-0.15, -0.1) is 6.42 Å². The third-order valence-corrected chi connectivity index (χ3v) is 2.45. The highest BCUT2D eigenvalue weighted by atomic mass is 16.1. The van der Waals surface area contributed by atoms with E-state index in [-0.39, 0.29) is 12.5 Å². The lowest BCUT2D eigenvalue weighted by molar-refractivity contribution is -0.119. The van der Waals surface area contributed by atoms with Crippen LogP contribution in [0.1, 0.15) is 12.5 Å². The lowest BCUT2D eigenvalue weighted by atomic mass is 10.2. The van der Waals surface area contributed by atoms with Gasteiger partial charge in [0.15, 0.2) is 0 Å². The van der Waals surface area contributed by atoms with Crippen LogP contribution in [-0.4, -0.2) is 26.0 Å². The van der Waals surface area contributed by atoms with Gasteiger partial charge >= 0.3 is 0 Å². The highest BCUT2D eigenvalue weighted by Crippen LogP contribution is 2.16. The Morgan fingerprint density at radius 3 is 2.78 bits per heavy atom. The molecular formula is C15H18N2O. The van der Waals surface area contributed by atoms with E-state index in [9.17, 15) is 4.79 Å². The SMILES string of the molecule is C#Cc1cccc(N(CC(=C)C)CC(=O)NC)c1. The summed E-state index contributed by atoms with van der Waals surface area (Å²) in [6, 6.07) is 7.58. The molecule has 0 saturated carbocycles. The number of carbonyl (C=O) groups excluding carboxylic acids is 1. The number of likely N-dealkylation sites (N-methyl/N-ethyl adjacent to an activating group) is 1. The molecule has 1 rings (SSSR count). The molecular weight excluding hydrogens is 224 g/mol. The Balaban J connectivity index is 2.97. The smallest absolute Gasteiger partial charge is 0.239 e. The fraction of sp³-hybridized carbons (Fsp3) is 0.267. The molecule has 1 aromatic rings. The van der Waals surface area contributed by atoms with Crippen molar-refractivity contribution in [2.75, 3.05) is 25.0 Å². The highest BCUT2D eigenvalue weighted by molar-refractivity contribution is 5.81. The Labute approximate surface area is 108 Å². The molecule has 0 spiro atoms. The predicted octanol–water partition coefficient (Wildman–Crippen LogP) is 1.80. The van der Waals surface area contributed by atoms with Crippen molar-refractivity contribution < 1.29 is 4.79 Å². The summed E-state index contributed by atoms with van der Waals surface area (Å²) >= 11 is 0. The van der Waals surface area contributed by atoms with Gasteiger partial charge in [-0.1, -0.05) is 24.1 Å². The molecule has 0 heterocycles. The number of nitrogens with zero attached hydrogens (tertiary/aromatic N) is 1. The van der Waals surface area contributed by atoms with Crippen LogP contribution in [-0.2, 0) is 4.79 Å². The summed E-state index contributed by atoms with van der Waals surface area (Å²) in [4.78, 5) is 13.5. The number of hydrogen-bond acceptors (Lipinski definition) is 2. The summed E-state index contributed by atoms with van der Waals surface area (Å²) in [5.41, 5.74) is 2.72. The van der Waals surface area contributed by atoms with Gasteiger partial charge in [-0.05, 0) is 25.1 Å². The molecule has 1 aromatic carbocycles. The Bertz CT molecular complexity index is 486. The zero-order valence-electron chi connectivity index (χ0n) is 10.9. The van der Waals surface area contributed by atoms with Gasteiger partial charge in [0.1, 0.15) is 0 Å². The van der Waals surface area contributed by atoms with E-state index in [1.165, 1.54) is 0 Å². The number of hydrogen-bond donors (Lipinski definition) is 1. The van der Waals surface area contributed by atoms with Gasteiger partial charge in [-0.2, -0.15) is 0 Å². The molecule has 1 amide bonds. The molecule has 94 valence electrons. The molecule has 0 saturated heterocycles. The average molecular weight is 242 g/mol. The lowest BCUT2D eigenvalue weighted by Crippen LogP contribution is -2.36. The Kier molecular flexibility index (Phi) is 5.01. The van der Waals surface area contributed by atoms with Gasteiger partial charge < -0.3 is 10.2 Å². The predicted molar refractivity (Wildman–Crippen MR) is 75.5 cm³/mol. The maximum absolute atomic E-state index is 11.5. The summed E-state index contributed by atoms with van der Waals surface area (Å²) in [6.45, 7) is 6.73. The first-order chi connectivity index (χ1) is 8.56. The number of benzene rings is 1. The second-order valence-corrected chi connectivity index (χ2v) is 4.18. The molecule has 0 atom stereocenters. The third kappa shape index (κ3) is 3.99. The lowest BCUT2D eigenvalue weighted by Gasteiger charge is -2.24. The Hall–Kier alpha value is -2.21. The largest absolute Gasteiger partial charge is 0.358 e. The van der Waals surface area contributed by atoms with Gasteiger partial charge in [-0.3, -0.25) is 4.79 Å². The first kappa shape index (κ1) is 13.9. The normalized spacial score (nSPS) is 9.39. The molecule has 1 N–H and O–H groups in total. The molecule has 0 radical (unpaired) electrons. The molecule has 0 bridgehead atoms. The second-order valence-electron chi connectivity index (χ2n) is 4.18. The van der Waals surface area contributed by atoms with E-state index < -0.39 is 0 Å². The van der Waals surface area contributed by atoms with Gasteiger partial charge in [0.05, 0.1) is 6.54 Å². The van der Waals surface area contributed by atoms with E-state index >= 15 is 0 Å². The zero-order valence-corrected chi connectivity index (χ0v) is 10.9. The number of terminal acetylenes is 1. The van der Waals surface area contributed by atoms with Crippen LogP contribution in [0.2, 0.25) is 0 Å². The van der Waals surface area contributed by atoms with Crippen LogP contribution >= 0.6 is 0 Å². The van der Waals surface area contributed by atoms with Crippen LogP contribution in [0.25, 0.3) is 0 Å². The Morgan fingerprint density at radius 1 is 1.50 bits per heavy atom. The summed E-state index contributed by atoms with van der Waals surface area (Å²) < 4.78 is 0. The maximum atomic E-state index is 11.5. The van der Waals surface area contributed by atoms with Crippen molar-refractivity contribution in [2.24, 2.45) is 0 Å². The summed E-state index contributed by atoms with van der Waals surface area (Å²) in [6.07, 6.45) is 5.38. The number of rotatable bonds is 5. The first-order valence-electron chi connectivity index (χ1n) is 5.73. The maximum Gasteiger partial charge on any atom is 0.239 e. The van der Waals surface area contributed by atoms with Crippen LogP contribution < -0.4 is 10.2 Å². The number of anilines is 1. The van der Waals surface area contributed by atoms with Crippen molar-refractivity contribution in [1.82, 2.24) is 5.32 Å². The minimum Gasteiger partial charge on any atom is -0.358 e. The third-order valence-electron chi connectivity index (χ3n) is 2.45. The minimum atomic E-state index is -0.0395. The number of amides is 1. The van der Waals surface area contributed by atoms with Crippen molar-refractivity contribution in [3.05, 3.63) is 42.0 Å². The fourth-order valence-electron chi connectivity index (χ4n) is 1.61. The first-order valence-corrected chi connectivity index (χ1v) is 5.73. The van der Waals surface area contributed by atoms with E-state index in [0.29, 0.717) is 6.54 Å². The molecule has 18 heavy (non-hydrogen) atoms. The van der Waals surface area contributed by atoms with Gasteiger partial charge in [0.2, 0.25) is 5.91 Å². The van der Waals surface area contributed by atoms with Crippen molar-refractivity contribution in [1.29, 1.82) is 0 Å². The van der Waals surface area contributed by atoms with Crippen molar-refractivity contribution in [2.45, 2.75) is 6.92 Å². The summed E-state index contributed by atoms with van der Waals surface area (Å²) in [5, 5.41) is 2.62. The summed E-state index contributed by atoms with van der Waals surface area (Å²) in [5.74, 6) is 2.55. The van der Waals surface area contributed by atoms with Crippen LogP contribution in [0.15, 0.2) is 36.4 Å². The molecule has 0 fully saturated rings. The topological polar surface area (TPSA) is 32.3 Å². The van der Waals surface area contributed by atoms with Crippen LogP contribution in [0.5, 0.6) is 0 Å². The van der Waals surface area contributed by atoms with Gasteiger partial charge in [-0.25, -0.2) is 0 Å². The van der Waals surface area contributed by atoms with Crippen LogP contribution in [0, 0.1) is 12.3 Å². The fourth-order valence-corrected chi connectivity index (χ4v) is 1.61. The summed E-state index contributed by atoms with van der Waals surface area (Å²) in [7, 11) is 1.62. The van der Waals surface area contributed by atoms with Gasteiger partial charge in [0.25, 0.3) is 0 Å². The number of nitrogens with one attached hydrogen (secondary N) is 1. The van der Waals surface area contributed by atoms with E-state index in [1.807, 2.05) is 36.1 Å². The van der Waals surface area contributed by atoms with Crippen molar-refractivity contribution in [3.8, 4) is 12.3 Å². The van der Waals surface area contributed by atoms with E-state index in [1.54, 1.807) is 7.05 Å². The van der Waals surface area contributed by atoms with Crippen molar-refractivity contribution in [3.63, 3.8) is 0 Å². The standard InChI is InChI=1S/C15H18N2O/c1-5-13-7-6-8-14(9-13)17(10-12(2)3)11-15(18)16-4/h1,6-9H,2,10-11H2,3-4H3,(H,16,18).